The Morgan fingerprint density at radius 1 is 1.31 bits per heavy atom. The van der Waals surface area contributed by atoms with Gasteiger partial charge in [0.1, 0.15) is 5.69 Å². The van der Waals surface area contributed by atoms with Crippen LogP contribution < -0.4 is 5.32 Å². The molecule has 1 aromatic heterocycles. The van der Waals surface area contributed by atoms with Crippen molar-refractivity contribution in [1.82, 2.24) is 15.1 Å². The van der Waals surface area contributed by atoms with Gasteiger partial charge in [0, 0.05) is 31.9 Å². The summed E-state index contributed by atoms with van der Waals surface area (Å²) in [5.41, 5.74) is 0.876. The summed E-state index contributed by atoms with van der Waals surface area (Å²) in [7, 11) is 0. The van der Waals surface area contributed by atoms with Gasteiger partial charge in [-0.2, -0.15) is 18.3 Å². The molecule has 1 spiro atoms. The standard InChI is InChI=1S/C24H27ClF3N3O4/c1-2-31-20-17(13-23(14-29-21(20)32)7-10-34-11-8-23)19(30-31)4-3-9-35-22(33)16-12-15(24(26,27)28)5-6-18(16)25/h5-6,12H,2-4,7-11,13-14H2,1H3,(H,29,32). The van der Waals surface area contributed by atoms with Gasteiger partial charge >= 0.3 is 12.1 Å². The van der Waals surface area contributed by atoms with E-state index in [4.69, 9.17) is 21.1 Å². The molecule has 0 aliphatic carbocycles. The SMILES string of the molecule is CCn1nc(CCCOC(=O)c2cc(C(F)(F)F)ccc2Cl)c2c1C(=O)NCC1(CCOCC1)C2. The van der Waals surface area contributed by atoms with Crippen molar-refractivity contribution < 1.29 is 32.2 Å². The smallest absolute Gasteiger partial charge is 0.416 e. The lowest BCUT2D eigenvalue weighted by molar-refractivity contribution is -0.137. The maximum absolute atomic E-state index is 13.0. The van der Waals surface area contributed by atoms with E-state index in [2.05, 4.69) is 10.4 Å². The summed E-state index contributed by atoms with van der Waals surface area (Å²) in [5, 5.41) is 7.59. The molecule has 0 bridgehead atoms. The highest BCUT2D eigenvalue weighted by Crippen LogP contribution is 2.38. The van der Waals surface area contributed by atoms with E-state index in [1.165, 1.54) is 0 Å². The molecule has 11 heteroatoms. The van der Waals surface area contributed by atoms with E-state index < -0.39 is 17.7 Å². The number of hydrogen-bond donors (Lipinski definition) is 1. The molecule has 35 heavy (non-hydrogen) atoms. The molecule has 2 aliphatic heterocycles. The lowest BCUT2D eigenvalue weighted by Crippen LogP contribution is -2.40. The van der Waals surface area contributed by atoms with Gasteiger partial charge in [0.25, 0.3) is 5.91 Å². The van der Waals surface area contributed by atoms with Crippen molar-refractivity contribution in [2.45, 2.75) is 51.7 Å². The van der Waals surface area contributed by atoms with E-state index in [0.29, 0.717) is 57.3 Å². The summed E-state index contributed by atoms with van der Waals surface area (Å²) in [5.74, 6) is -1.06. The first-order valence-corrected chi connectivity index (χ1v) is 12.0. The number of rotatable bonds is 6. The number of benzene rings is 1. The van der Waals surface area contributed by atoms with Crippen LogP contribution in [0.4, 0.5) is 13.2 Å². The number of amides is 1. The number of aromatic nitrogens is 2. The molecule has 0 unspecified atom stereocenters. The molecular weight excluding hydrogens is 487 g/mol. The Bertz CT molecular complexity index is 1110. The van der Waals surface area contributed by atoms with Gasteiger partial charge in [0.2, 0.25) is 0 Å². The summed E-state index contributed by atoms with van der Waals surface area (Å²) in [6.07, 6.45) is -1.34. The predicted molar refractivity (Wildman–Crippen MR) is 121 cm³/mol. The van der Waals surface area contributed by atoms with E-state index in [-0.39, 0.29) is 28.5 Å². The third kappa shape index (κ3) is 5.48. The Labute approximate surface area is 205 Å². The first-order valence-electron chi connectivity index (χ1n) is 11.6. The summed E-state index contributed by atoms with van der Waals surface area (Å²) in [4.78, 5) is 25.2. The summed E-state index contributed by atoms with van der Waals surface area (Å²) < 4.78 is 51.4. The second-order valence-corrected chi connectivity index (χ2v) is 9.40. The first kappa shape index (κ1) is 25.5. The van der Waals surface area contributed by atoms with Crippen LogP contribution in [0.15, 0.2) is 18.2 Å². The number of ether oxygens (including phenoxy) is 2. The fourth-order valence-electron chi connectivity index (χ4n) is 4.71. The number of fused-ring (bicyclic) bond motifs is 1. The minimum atomic E-state index is -4.59. The minimum absolute atomic E-state index is 0.0235. The van der Waals surface area contributed by atoms with Gasteiger partial charge in [0.05, 0.1) is 28.5 Å². The third-order valence-corrected chi connectivity index (χ3v) is 7.01. The van der Waals surface area contributed by atoms with Gasteiger partial charge in [0.15, 0.2) is 0 Å². The van der Waals surface area contributed by atoms with Gasteiger partial charge in [-0.15, -0.1) is 0 Å². The first-order chi connectivity index (χ1) is 16.6. The summed E-state index contributed by atoms with van der Waals surface area (Å²) in [6.45, 7) is 4.31. The van der Waals surface area contributed by atoms with Crippen molar-refractivity contribution in [3.63, 3.8) is 0 Å². The number of alkyl halides is 3. The average molecular weight is 514 g/mol. The van der Waals surface area contributed by atoms with Crippen LogP contribution in [0.25, 0.3) is 0 Å². The van der Waals surface area contributed by atoms with Crippen LogP contribution in [0.1, 0.15) is 63.9 Å². The number of hydrogen-bond acceptors (Lipinski definition) is 5. The molecule has 1 saturated heterocycles. The van der Waals surface area contributed by atoms with Gasteiger partial charge < -0.3 is 14.8 Å². The molecule has 0 saturated carbocycles. The van der Waals surface area contributed by atoms with Crippen LogP contribution in [0.3, 0.4) is 0 Å². The van der Waals surface area contributed by atoms with Gasteiger partial charge in [-0.05, 0) is 62.6 Å². The normalized spacial score (nSPS) is 17.6. The topological polar surface area (TPSA) is 82.5 Å². The molecule has 1 aromatic carbocycles. The molecule has 0 radical (unpaired) electrons. The predicted octanol–water partition coefficient (Wildman–Crippen LogP) is 4.45. The summed E-state index contributed by atoms with van der Waals surface area (Å²) >= 11 is 5.92. The van der Waals surface area contributed by atoms with Crippen molar-refractivity contribution in [2.24, 2.45) is 5.41 Å². The van der Waals surface area contributed by atoms with Gasteiger partial charge in [-0.25, -0.2) is 4.79 Å². The lowest BCUT2D eigenvalue weighted by atomic mass is 9.75. The van der Waals surface area contributed by atoms with Crippen LogP contribution >= 0.6 is 11.6 Å². The van der Waals surface area contributed by atoms with Crippen molar-refractivity contribution in [3.05, 3.63) is 51.3 Å². The molecule has 1 fully saturated rings. The highest BCUT2D eigenvalue weighted by molar-refractivity contribution is 6.33. The second kappa shape index (κ2) is 10.2. The number of esters is 1. The number of halogens is 4. The van der Waals surface area contributed by atoms with Gasteiger partial charge in [-0.3, -0.25) is 9.48 Å². The molecule has 2 aromatic rings. The van der Waals surface area contributed by atoms with Crippen LogP contribution in [0, 0.1) is 5.41 Å². The largest absolute Gasteiger partial charge is 0.462 e. The fourth-order valence-corrected chi connectivity index (χ4v) is 4.90. The molecule has 3 heterocycles. The van der Waals surface area contributed by atoms with Crippen LogP contribution in [0.5, 0.6) is 0 Å². The maximum Gasteiger partial charge on any atom is 0.416 e. The Morgan fingerprint density at radius 2 is 2.06 bits per heavy atom. The Balaban J connectivity index is 1.45. The molecule has 190 valence electrons. The number of nitrogens with zero attached hydrogens (tertiary/aromatic N) is 2. The van der Waals surface area contributed by atoms with Crippen LogP contribution in [0.2, 0.25) is 5.02 Å². The minimum Gasteiger partial charge on any atom is -0.462 e. The fraction of sp³-hybridized carbons (Fsp3) is 0.542. The third-order valence-electron chi connectivity index (χ3n) is 6.68. The molecule has 4 rings (SSSR count). The molecule has 1 N–H and O–H groups in total. The van der Waals surface area contributed by atoms with E-state index in [9.17, 15) is 22.8 Å². The van der Waals surface area contributed by atoms with E-state index >= 15 is 0 Å². The number of nitrogens with one attached hydrogen (secondary N) is 1. The molecule has 1 amide bonds. The van der Waals surface area contributed by atoms with Crippen LogP contribution in [-0.4, -0.2) is 48.0 Å². The Hall–Kier alpha value is -2.59. The van der Waals surface area contributed by atoms with E-state index in [1.54, 1.807) is 4.68 Å². The summed E-state index contributed by atoms with van der Waals surface area (Å²) in [6, 6.07) is 2.54. The zero-order valence-corrected chi connectivity index (χ0v) is 20.1. The van der Waals surface area contributed by atoms with Crippen molar-refractivity contribution in [3.8, 4) is 0 Å². The molecule has 0 atom stereocenters. The maximum atomic E-state index is 13.0. The van der Waals surface area contributed by atoms with Crippen molar-refractivity contribution >= 4 is 23.5 Å². The Morgan fingerprint density at radius 3 is 2.74 bits per heavy atom. The van der Waals surface area contributed by atoms with Gasteiger partial charge in [-0.1, -0.05) is 11.6 Å². The number of aryl methyl sites for hydroxylation is 2. The van der Waals surface area contributed by atoms with E-state index in [1.807, 2.05) is 6.92 Å². The molecule has 2 aliphatic rings. The quantitative estimate of drug-likeness (QED) is 0.456. The van der Waals surface area contributed by atoms with Crippen molar-refractivity contribution in [2.75, 3.05) is 26.4 Å². The molecule has 7 nitrogen and oxygen atoms in total. The lowest BCUT2D eigenvalue weighted by Gasteiger charge is -2.36. The zero-order valence-electron chi connectivity index (χ0n) is 19.3. The highest BCUT2D eigenvalue weighted by atomic mass is 35.5. The van der Waals surface area contributed by atoms with E-state index in [0.717, 1.165) is 36.2 Å². The second-order valence-electron chi connectivity index (χ2n) is 8.99. The van der Waals surface area contributed by atoms with Crippen molar-refractivity contribution in [1.29, 1.82) is 0 Å². The number of carbonyl (C=O) groups excluding carboxylic acids is 2. The monoisotopic (exact) mass is 513 g/mol. The Kier molecular flexibility index (Phi) is 7.42. The highest BCUT2D eigenvalue weighted by Gasteiger charge is 2.39. The molecular formula is C24H27ClF3N3O4. The average Bonchev–Trinajstić information content (AvgIpc) is 3.10. The number of carbonyl (C=O) groups is 2. The zero-order chi connectivity index (χ0) is 25.2. The van der Waals surface area contributed by atoms with Crippen LogP contribution in [-0.2, 0) is 35.0 Å².